The van der Waals surface area contributed by atoms with Crippen LogP contribution in [0.15, 0.2) is 18.2 Å². The smallest absolute Gasteiger partial charge is 0.217 e. The number of nitrogens with one attached hydrogen (secondary N) is 1. The van der Waals surface area contributed by atoms with Crippen LogP contribution in [0.5, 0.6) is 5.75 Å². The third-order valence-corrected chi connectivity index (χ3v) is 8.50. The monoisotopic (exact) mass is 414 g/mol. The van der Waals surface area contributed by atoms with Gasteiger partial charge in [0.05, 0.1) is 13.2 Å². The maximum atomic E-state index is 12.1. The molecule has 2 aliphatic carbocycles. The number of fused-ring (bicyclic) bond motifs is 1. The van der Waals surface area contributed by atoms with Gasteiger partial charge in [0.2, 0.25) is 5.91 Å². The summed E-state index contributed by atoms with van der Waals surface area (Å²) >= 11 is 0. The molecule has 5 heteroatoms. The van der Waals surface area contributed by atoms with E-state index in [2.05, 4.69) is 56.1 Å². The number of hydrogen-bond acceptors (Lipinski definition) is 4. The number of carbonyl (C=O) groups is 1. The molecule has 5 atom stereocenters. The zero-order chi connectivity index (χ0) is 21.7. The quantitative estimate of drug-likeness (QED) is 0.741. The van der Waals surface area contributed by atoms with Crippen molar-refractivity contribution in [1.82, 2.24) is 5.32 Å². The number of anilines is 1. The van der Waals surface area contributed by atoms with Gasteiger partial charge in [0.15, 0.2) is 0 Å². The van der Waals surface area contributed by atoms with Crippen LogP contribution in [-0.4, -0.2) is 38.8 Å². The molecule has 1 saturated heterocycles. The Morgan fingerprint density at radius 2 is 2.03 bits per heavy atom. The Morgan fingerprint density at radius 3 is 2.67 bits per heavy atom. The van der Waals surface area contributed by atoms with Crippen LogP contribution in [0, 0.1) is 22.7 Å². The van der Waals surface area contributed by atoms with Crippen molar-refractivity contribution in [2.75, 3.05) is 31.7 Å². The van der Waals surface area contributed by atoms with Crippen LogP contribution in [0.1, 0.15) is 65.5 Å². The fraction of sp³-hybridized carbons (Fsp3) is 0.720. The van der Waals surface area contributed by atoms with Gasteiger partial charge in [0.1, 0.15) is 5.75 Å². The lowest BCUT2D eigenvalue weighted by Gasteiger charge is -2.53. The third-order valence-electron chi connectivity index (χ3n) is 8.50. The number of benzene rings is 1. The summed E-state index contributed by atoms with van der Waals surface area (Å²) in [7, 11) is 1.76. The summed E-state index contributed by atoms with van der Waals surface area (Å²) in [6.07, 6.45) is 3.40. The highest BCUT2D eigenvalue weighted by Crippen LogP contribution is 2.70. The van der Waals surface area contributed by atoms with Crippen LogP contribution in [-0.2, 0) is 9.53 Å². The Bertz CT molecular complexity index is 804. The predicted molar refractivity (Wildman–Crippen MR) is 120 cm³/mol. The molecular weight excluding hydrogens is 376 g/mol. The Kier molecular flexibility index (Phi) is 5.54. The summed E-state index contributed by atoms with van der Waals surface area (Å²) in [5.74, 6) is 2.02. The molecule has 1 aromatic rings. The topological polar surface area (TPSA) is 50.8 Å². The van der Waals surface area contributed by atoms with Gasteiger partial charge in [-0.1, -0.05) is 19.9 Å². The van der Waals surface area contributed by atoms with E-state index >= 15 is 0 Å². The normalized spacial score (nSPS) is 33.8. The summed E-state index contributed by atoms with van der Waals surface area (Å²) in [6, 6.07) is 6.78. The summed E-state index contributed by atoms with van der Waals surface area (Å²) in [4.78, 5) is 14.4. The minimum absolute atomic E-state index is 0.0248. The van der Waals surface area contributed by atoms with Gasteiger partial charge in [-0.2, -0.15) is 0 Å². The summed E-state index contributed by atoms with van der Waals surface area (Å²) in [5.41, 5.74) is 2.59. The molecule has 2 bridgehead atoms. The molecule has 166 valence electrons. The number of methoxy groups -OCH3 is 1. The summed E-state index contributed by atoms with van der Waals surface area (Å²) in [6.45, 7) is 13.4. The largest absolute Gasteiger partial charge is 0.496 e. The molecule has 3 aliphatic rings. The molecule has 3 fully saturated rings. The SMILES string of the molecule is CCN(CC)c1ccc([C@H]2OCCC34C[C@@H](C[C@H]23)C(C)(C)[C@@H]4NC(C)=O)c(OC)c1. The predicted octanol–water partition coefficient (Wildman–Crippen LogP) is 4.56. The highest BCUT2D eigenvalue weighted by atomic mass is 16.5. The standard InChI is InChI=1S/C25H38N2O3/c1-7-27(8-2)18-9-10-19(21(14-18)29-6)22-20-13-17-15-25(20,11-12-30-22)23(24(17,4)5)26-16(3)28/h9-10,14,17,20,22-23H,7-8,11-13,15H2,1-6H3,(H,26,28)/t17-,20-,22-,23+,25?/m1/s1. The highest BCUT2D eigenvalue weighted by molar-refractivity contribution is 5.73. The van der Waals surface area contributed by atoms with E-state index in [1.807, 2.05) is 0 Å². The lowest BCUT2D eigenvalue weighted by atomic mass is 9.58. The second-order valence-electron chi connectivity index (χ2n) is 10.1. The number of nitrogens with zero attached hydrogens (tertiary/aromatic N) is 1. The van der Waals surface area contributed by atoms with E-state index in [1.54, 1.807) is 14.0 Å². The van der Waals surface area contributed by atoms with Gasteiger partial charge < -0.3 is 19.7 Å². The lowest BCUT2D eigenvalue weighted by molar-refractivity contribution is -0.136. The summed E-state index contributed by atoms with van der Waals surface area (Å²) in [5, 5.41) is 3.36. The van der Waals surface area contributed by atoms with Crippen LogP contribution in [0.3, 0.4) is 0 Å². The zero-order valence-corrected chi connectivity index (χ0v) is 19.5. The number of carbonyl (C=O) groups excluding carboxylic acids is 1. The fourth-order valence-electron chi connectivity index (χ4n) is 7.02. The van der Waals surface area contributed by atoms with Crippen molar-refractivity contribution in [3.05, 3.63) is 23.8 Å². The van der Waals surface area contributed by atoms with E-state index in [-0.39, 0.29) is 28.9 Å². The van der Waals surface area contributed by atoms with Crippen molar-refractivity contribution >= 4 is 11.6 Å². The maximum Gasteiger partial charge on any atom is 0.217 e. The molecule has 1 unspecified atom stereocenters. The summed E-state index contributed by atoms with van der Waals surface area (Å²) < 4.78 is 12.3. The second-order valence-corrected chi connectivity index (χ2v) is 10.1. The number of rotatable bonds is 6. The maximum absolute atomic E-state index is 12.1. The number of hydrogen-bond donors (Lipinski definition) is 1. The van der Waals surface area contributed by atoms with Crippen LogP contribution in [0.2, 0.25) is 0 Å². The minimum Gasteiger partial charge on any atom is -0.496 e. The second kappa shape index (κ2) is 7.74. The van der Waals surface area contributed by atoms with E-state index in [0.717, 1.165) is 43.9 Å². The van der Waals surface area contributed by atoms with E-state index < -0.39 is 0 Å². The molecule has 4 rings (SSSR count). The van der Waals surface area contributed by atoms with E-state index in [1.165, 1.54) is 12.1 Å². The Labute approximate surface area is 181 Å². The van der Waals surface area contributed by atoms with Gasteiger partial charge in [-0.25, -0.2) is 0 Å². The molecule has 30 heavy (non-hydrogen) atoms. The molecule has 0 radical (unpaired) electrons. The molecule has 2 saturated carbocycles. The van der Waals surface area contributed by atoms with Gasteiger partial charge in [-0.05, 0) is 61.8 Å². The number of amides is 1. The van der Waals surface area contributed by atoms with Crippen LogP contribution < -0.4 is 15.0 Å². The Balaban J connectivity index is 1.70. The Hall–Kier alpha value is -1.75. The first-order chi connectivity index (χ1) is 14.3. The first kappa shape index (κ1) is 21.5. The first-order valence-corrected chi connectivity index (χ1v) is 11.6. The van der Waals surface area contributed by atoms with Crippen molar-refractivity contribution in [1.29, 1.82) is 0 Å². The molecule has 1 aliphatic heterocycles. The molecule has 0 aromatic heterocycles. The van der Waals surface area contributed by atoms with Crippen molar-refractivity contribution in [3.8, 4) is 5.75 Å². The van der Waals surface area contributed by atoms with Crippen LogP contribution in [0.25, 0.3) is 0 Å². The van der Waals surface area contributed by atoms with Gasteiger partial charge in [-0.3, -0.25) is 4.79 Å². The van der Waals surface area contributed by atoms with Crippen molar-refractivity contribution in [2.24, 2.45) is 22.7 Å². The van der Waals surface area contributed by atoms with Crippen molar-refractivity contribution in [2.45, 2.75) is 66.0 Å². The van der Waals surface area contributed by atoms with Crippen molar-refractivity contribution in [3.63, 3.8) is 0 Å². The van der Waals surface area contributed by atoms with E-state index in [9.17, 15) is 4.79 Å². The molecule has 1 N–H and O–H groups in total. The van der Waals surface area contributed by atoms with Crippen molar-refractivity contribution < 1.29 is 14.3 Å². The third kappa shape index (κ3) is 3.12. The molecule has 5 nitrogen and oxygen atoms in total. The highest BCUT2D eigenvalue weighted by Gasteiger charge is 2.68. The van der Waals surface area contributed by atoms with E-state index in [0.29, 0.717) is 11.8 Å². The average Bonchev–Trinajstić information content (AvgIpc) is 3.21. The Morgan fingerprint density at radius 1 is 1.30 bits per heavy atom. The lowest BCUT2D eigenvalue weighted by Crippen LogP contribution is -2.58. The molecule has 1 amide bonds. The molecular formula is C25H38N2O3. The first-order valence-electron chi connectivity index (χ1n) is 11.6. The van der Waals surface area contributed by atoms with Crippen LogP contribution in [0.4, 0.5) is 5.69 Å². The minimum atomic E-state index is 0.0248. The van der Waals surface area contributed by atoms with Gasteiger partial charge >= 0.3 is 0 Å². The molecule has 1 spiro atoms. The van der Waals surface area contributed by atoms with Gasteiger partial charge in [-0.15, -0.1) is 0 Å². The van der Waals surface area contributed by atoms with Gasteiger partial charge in [0.25, 0.3) is 0 Å². The van der Waals surface area contributed by atoms with Gasteiger partial charge in [0, 0.05) is 50.0 Å². The zero-order valence-electron chi connectivity index (χ0n) is 19.5. The molecule has 1 aromatic carbocycles. The number of ether oxygens (including phenoxy) is 2. The average molecular weight is 415 g/mol. The van der Waals surface area contributed by atoms with Crippen LogP contribution >= 0.6 is 0 Å². The molecule has 1 heterocycles. The fourth-order valence-corrected chi connectivity index (χ4v) is 7.02. The van der Waals surface area contributed by atoms with E-state index in [4.69, 9.17) is 9.47 Å².